The van der Waals surface area contributed by atoms with Crippen LogP contribution >= 0.6 is 0 Å². The number of aryl methyl sites for hydroxylation is 1. The summed E-state index contributed by atoms with van der Waals surface area (Å²) in [6, 6.07) is 2.68. The fourth-order valence-corrected chi connectivity index (χ4v) is 1.62. The number of rotatable bonds is 0. The van der Waals surface area contributed by atoms with Crippen molar-refractivity contribution < 1.29 is 9.18 Å². The Morgan fingerprint density at radius 3 is 2.79 bits per heavy atom. The summed E-state index contributed by atoms with van der Waals surface area (Å²) in [5, 5.41) is 5.79. The number of anilines is 1. The van der Waals surface area contributed by atoms with Crippen LogP contribution in [-0.2, 0) is 0 Å². The van der Waals surface area contributed by atoms with Crippen molar-refractivity contribution in [2.24, 2.45) is 0 Å². The van der Waals surface area contributed by atoms with Gasteiger partial charge in [-0.05, 0) is 24.6 Å². The number of amides is 1. The predicted molar refractivity (Wildman–Crippen MR) is 52.0 cm³/mol. The lowest BCUT2D eigenvalue weighted by molar-refractivity contribution is 0.0957. The molecule has 0 fully saturated rings. The Hall–Kier alpha value is -1.58. The molecule has 2 rings (SSSR count). The number of fused-ring (bicyclic) bond motifs is 1. The van der Waals surface area contributed by atoms with Crippen molar-refractivity contribution in [1.29, 1.82) is 0 Å². The number of hydrogen-bond acceptors (Lipinski definition) is 2. The molecule has 1 amide bonds. The van der Waals surface area contributed by atoms with Crippen LogP contribution in [0.2, 0.25) is 0 Å². The zero-order chi connectivity index (χ0) is 10.1. The Morgan fingerprint density at radius 2 is 2.00 bits per heavy atom. The molecule has 0 unspecified atom stereocenters. The van der Waals surface area contributed by atoms with Crippen LogP contribution in [0.4, 0.5) is 10.1 Å². The summed E-state index contributed by atoms with van der Waals surface area (Å²) in [6.45, 7) is 3.02. The highest BCUT2D eigenvalue weighted by atomic mass is 19.1. The summed E-state index contributed by atoms with van der Waals surface area (Å²) in [5.41, 5.74) is 1.89. The van der Waals surface area contributed by atoms with E-state index in [1.54, 1.807) is 6.92 Å². The fraction of sp³-hybridized carbons (Fsp3) is 0.300. The molecule has 3 nitrogen and oxygen atoms in total. The summed E-state index contributed by atoms with van der Waals surface area (Å²) < 4.78 is 13.1. The molecule has 0 saturated heterocycles. The van der Waals surface area contributed by atoms with Gasteiger partial charge in [0.15, 0.2) is 0 Å². The van der Waals surface area contributed by atoms with Crippen LogP contribution in [-0.4, -0.2) is 19.0 Å². The molecule has 0 aromatic heterocycles. The van der Waals surface area contributed by atoms with E-state index in [9.17, 15) is 9.18 Å². The Labute approximate surface area is 81.3 Å². The molecule has 74 valence electrons. The second-order valence-corrected chi connectivity index (χ2v) is 3.33. The number of halogens is 1. The van der Waals surface area contributed by atoms with E-state index in [1.807, 2.05) is 0 Å². The van der Waals surface area contributed by atoms with Gasteiger partial charge in [-0.3, -0.25) is 4.79 Å². The van der Waals surface area contributed by atoms with Crippen molar-refractivity contribution >= 4 is 11.6 Å². The fourth-order valence-electron chi connectivity index (χ4n) is 1.62. The monoisotopic (exact) mass is 194 g/mol. The zero-order valence-corrected chi connectivity index (χ0v) is 7.86. The van der Waals surface area contributed by atoms with E-state index in [0.717, 1.165) is 11.3 Å². The summed E-state index contributed by atoms with van der Waals surface area (Å²) in [4.78, 5) is 11.5. The van der Waals surface area contributed by atoms with Gasteiger partial charge in [0, 0.05) is 13.1 Å². The summed E-state index contributed by atoms with van der Waals surface area (Å²) in [6.07, 6.45) is 0. The van der Waals surface area contributed by atoms with Gasteiger partial charge in [0.25, 0.3) is 5.91 Å². The largest absolute Gasteiger partial charge is 0.382 e. The molecule has 14 heavy (non-hydrogen) atoms. The Morgan fingerprint density at radius 1 is 1.29 bits per heavy atom. The molecule has 0 aliphatic carbocycles. The lowest BCUT2D eigenvalue weighted by Crippen LogP contribution is -2.24. The first-order valence-corrected chi connectivity index (χ1v) is 4.50. The second-order valence-electron chi connectivity index (χ2n) is 3.33. The van der Waals surface area contributed by atoms with Crippen LogP contribution < -0.4 is 10.6 Å². The number of nitrogens with one attached hydrogen (secondary N) is 2. The molecule has 4 heteroatoms. The van der Waals surface area contributed by atoms with E-state index in [1.165, 1.54) is 12.1 Å². The number of carbonyl (C=O) groups excluding carboxylic acids is 1. The van der Waals surface area contributed by atoms with Crippen molar-refractivity contribution in [3.05, 3.63) is 29.1 Å². The van der Waals surface area contributed by atoms with Crippen molar-refractivity contribution in [3.8, 4) is 0 Å². The van der Waals surface area contributed by atoms with E-state index < -0.39 is 0 Å². The Bertz CT molecular complexity index is 390. The van der Waals surface area contributed by atoms with Gasteiger partial charge in [0.2, 0.25) is 0 Å². The first-order chi connectivity index (χ1) is 6.68. The highest BCUT2D eigenvalue weighted by molar-refractivity contribution is 6.00. The van der Waals surface area contributed by atoms with Crippen molar-refractivity contribution in [1.82, 2.24) is 5.32 Å². The smallest absolute Gasteiger partial charge is 0.253 e. The van der Waals surface area contributed by atoms with Crippen LogP contribution in [0.5, 0.6) is 0 Å². The number of benzene rings is 1. The molecule has 1 aliphatic rings. The molecule has 1 heterocycles. The molecule has 0 spiro atoms. The topological polar surface area (TPSA) is 41.1 Å². The van der Waals surface area contributed by atoms with Gasteiger partial charge in [-0.2, -0.15) is 0 Å². The summed E-state index contributed by atoms with van der Waals surface area (Å²) in [7, 11) is 0. The molecule has 0 atom stereocenters. The lowest BCUT2D eigenvalue weighted by Gasteiger charge is -2.09. The normalized spacial score (nSPS) is 15.1. The van der Waals surface area contributed by atoms with Gasteiger partial charge >= 0.3 is 0 Å². The number of hydrogen-bond donors (Lipinski definition) is 2. The second kappa shape index (κ2) is 3.29. The summed E-state index contributed by atoms with van der Waals surface area (Å²) in [5.74, 6) is -0.590. The molecule has 2 N–H and O–H groups in total. The maximum Gasteiger partial charge on any atom is 0.253 e. The average Bonchev–Trinajstić information content (AvgIpc) is 2.29. The first kappa shape index (κ1) is 8.99. The van der Waals surface area contributed by atoms with Crippen molar-refractivity contribution in [2.45, 2.75) is 6.92 Å². The number of carbonyl (C=O) groups is 1. The lowest BCUT2D eigenvalue weighted by atomic mass is 10.1. The predicted octanol–water partition coefficient (Wildman–Crippen LogP) is 1.29. The minimum absolute atomic E-state index is 0.215. The third-order valence-electron chi connectivity index (χ3n) is 2.26. The summed E-state index contributed by atoms with van der Waals surface area (Å²) >= 11 is 0. The maximum atomic E-state index is 13.1. The Kier molecular flexibility index (Phi) is 2.11. The zero-order valence-electron chi connectivity index (χ0n) is 7.86. The molecule has 0 bridgehead atoms. The third-order valence-corrected chi connectivity index (χ3v) is 2.26. The van der Waals surface area contributed by atoms with Gasteiger partial charge in [0.05, 0.1) is 11.3 Å². The first-order valence-electron chi connectivity index (χ1n) is 4.50. The van der Waals surface area contributed by atoms with E-state index in [-0.39, 0.29) is 11.7 Å². The van der Waals surface area contributed by atoms with Crippen LogP contribution in [0.3, 0.4) is 0 Å². The standard InChI is InChI=1S/C10H11FN2O/c1-6-4-7(11)5-8-9(6)12-2-3-13-10(8)14/h4-5,12H,2-3H2,1H3,(H,13,14). The molecule has 0 saturated carbocycles. The van der Waals surface area contributed by atoms with Gasteiger partial charge in [-0.15, -0.1) is 0 Å². The molecule has 0 radical (unpaired) electrons. The minimum atomic E-state index is -0.375. The SMILES string of the molecule is Cc1cc(F)cc2c1NCCNC2=O. The average molecular weight is 194 g/mol. The highest BCUT2D eigenvalue weighted by Gasteiger charge is 2.17. The third kappa shape index (κ3) is 1.43. The quantitative estimate of drug-likeness (QED) is 0.653. The van der Waals surface area contributed by atoms with Gasteiger partial charge in [0.1, 0.15) is 5.82 Å². The van der Waals surface area contributed by atoms with Gasteiger partial charge in [-0.25, -0.2) is 4.39 Å². The minimum Gasteiger partial charge on any atom is -0.382 e. The van der Waals surface area contributed by atoms with Crippen molar-refractivity contribution in [2.75, 3.05) is 18.4 Å². The van der Waals surface area contributed by atoms with E-state index in [2.05, 4.69) is 10.6 Å². The molecule has 1 aromatic rings. The molecular formula is C10H11FN2O. The van der Waals surface area contributed by atoms with E-state index >= 15 is 0 Å². The van der Waals surface area contributed by atoms with E-state index in [0.29, 0.717) is 18.7 Å². The molecular weight excluding hydrogens is 183 g/mol. The van der Waals surface area contributed by atoms with Crippen LogP contribution in [0.15, 0.2) is 12.1 Å². The van der Waals surface area contributed by atoms with Crippen LogP contribution in [0, 0.1) is 12.7 Å². The van der Waals surface area contributed by atoms with Gasteiger partial charge < -0.3 is 10.6 Å². The van der Waals surface area contributed by atoms with Crippen LogP contribution in [0.1, 0.15) is 15.9 Å². The van der Waals surface area contributed by atoms with E-state index in [4.69, 9.17) is 0 Å². The Balaban J connectivity index is 2.58. The molecule has 1 aliphatic heterocycles. The maximum absolute atomic E-state index is 13.1. The molecule has 1 aromatic carbocycles. The highest BCUT2D eigenvalue weighted by Crippen LogP contribution is 2.23. The van der Waals surface area contributed by atoms with Crippen LogP contribution in [0.25, 0.3) is 0 Å². The van der Waals surface area contributed by atoms with Crippen molar-refractivity contribution in [3.63, 3.8) is 0 Å². The van der Waals surface area contributed by atoms with Gasteiger partial charge in [-0.1, -0.05) is 0 Å².